The number of ether oxygens (including phenoxy) is 1. The van der Waals surface area contributed by atoms with Crippen LogP contribution in [0.3, 0.4) is 0 Å². The lowest BCUT2D eigenvalue weighted by Gasteiger charge is -2.12. The summed E-state index contributed by atoms with van der Waals surface area (Å²) in [6.07, 6.45) is 0. The molecule has 4 heteroatoms. The van der Waals surface area contributed by atoms with Crippen LogP contribution in [0.1, 0.15) is 15.9 Å². The molecule has 140 valence electrons. The van der Waals surface area contributed by atoms with Gasteiger partial charge in [-0.05, 0) is 53.6 Å². The zero-order valence-corrected chi connectivity index (χ0v) is 15.6. The average Bonchev–Trinajstić information content (AvgIpc) is 3.06. The van der Waals surface area contributed by atoms with E-state index in [1.165, 1.54) is 12.1 Å². The molecule has 0 radical (unpaired) electrons. The van der Waals surface area contributed by atoms with Gasteiger partial charge in [0, 0.05) is 16.7 Å². The molecule has 0 saturated heterocycles. The Labute approximate surface area is 167 Å². The summed E-state index contributed by atoms with van der Waals surface area (Å²) >= 11 is 0. The van der Waals surface area contributed by atoms with Crippen molar-refractivity contribution in [2.75, 3.05) is 7.11 Å². The number of halogens is 1. The number of methoxy groups -OCH3 is 1. The molecule has 0 atom stereocenters. The first-order chi connectivity index (χ1) is 14.2. The molecule has 1 aliphatic carbocycles. The first kappa shape index (κ1) is 17.3. The Morgan fingerprint density at radius 1 is 0.793 bits per heavy atom. The van der Waals surface area contributed by atoms with Crippen LogP contribution in [0.2, 0.25) is 0 Å². The van der Waals surface area contributed by atoms with Crippen LogP contribution < -0.4 is 4.74 Å². The minimum atomic E-state index is -0.315. The van der Waals surface area contributed by atoms with Crippen molar-refractivity contribution in [2.24, 2.45) is 0 Å². The first-order valence-electron chi connectivity index (χ1n) is 9.25. The van der Waals surface area contributed by atoms with E-state index in [-0.39, 0.29) is 11.6 Å². The predicted octanol–water partition coefficient (Wildman–Crippen LogP) is 5.77. The van der Waals surface area contributed by atoms with E-state index in [9.17, 15) is 9.18 Å². The number of fused-ring (bicyclic) bond motifs is 3. The standard InChI is InChI=1S/C25H16FNO2/c1-29-18-12-8-16(9-13-18)22-14-21(15-6-10-17(26)11-7-15)23-24(27-22)19-4-2-3-5-20(19)25(23)28/h2-14H,1H3. The zero-order valence-electron chi connectivity index (χ0n) is 15.6. The third-order valence-electron chi connectivity index (χ3n) is 5.21. The minimum Gasteiger partial charge on any atom is -0.497 e. The molecule has 0 saturated carbocycles. The Bertz CT molecular complexity index is 1250. The second kappa shape index (κ2) is 6.67. The highest BCUT2D eigenvalue weighted by Gasteiger charge is 2.31. The van der Waals surface area contributed by atoms with E-state index in [2.05, 4.69) is 0 Å². The summed E-state index contributed by atoms with van der Waals surface area (Å²) < 4.78 is 18.7. The fourth-order valence-corrected chi connectivity index (χ4v) is 3.76. The van der Waals surface area contributed by atoms with Crippen LogP contribution in [0.25, 0.3) is 33.6 Å². The molecule has 0 unspecified atom stereocenters. The summed E-state index contributed by atoms with van der Waals surface area (Å²) in [5.74, 6) is 0.391. The van der Waals surface area contributed by atoms with Gasteiger partial charge in [-0.1, -0.05) is 36.4 Å². The quantitative estimate of drug-likeness (QED) is 0.398. The summed E-state index contributed by atoms with van der Waals surface area (Å²) in [6, 6.07) is 23.2. The molecule has 4 aromatic rings. The monoisotopic (exact) mass is 381 g/mol. The molecule has 1 aromatic heterocycles. The summed E-state index contributed by atoms with van der Waals surface area (Å²) in [5, 5.41) is 0. The van der Waals surface area contributed by atoms with Crippen LogP contribution >= 0.6 is 0 Å². The Hall–Kier alpha value is -3.79. The molecule has 0 bridgehead atoms. The summed E-state index contributed by atoms with van der Waals surface area (Å²) in [5.41, 5.74) is 5.89. The molecular weight excluding hydrogens is 365 g/mol. The maximum absolute atomic E-state index is 13.5. The molecule has 29 heavy (non-hydrogen) atoms. The molecule has 5 rings (SSSR count). The normalized spacial score (nSPS) is 11.9. The lowest BCUT2D eigenvalue weighted by Crippen LogP contribution is -2.00. The third-order valence-corrected chi connectivity index (χ3v) is 5.21. The molecular formula is C25H16FNO2. The predicted molar refractivity (Wildman–Crippen MR) is 110 cm³/mol. The zero-order chi connectivity index (χ0) is 20.0. The maximum Gasteiger partial charge on any atom is 0.196 e. The van der Waals surface area contributed by atoms with Crippen molar-refractivity contribution in [1.82, 2.24) is 4.98 Å². The molecule has 0 N–H and O–H groups in total. The lowest BCUT2D eigenvalue weighted by molar-refractivity contribution is 0.104. The van der Waals surface area contributed by atoms with Gasteiger partial charge < -0.3 is 4.74 Å². The van der Waals surface area contributed by atoms with Gasteiger partial charge in [-0.2, -0.15) is 0 Å². The summed E-state index contributed by atoms with van der Waals surface area (Å²) in [6.45, 7) is 0. The lowest BCUT2D eigenvalue weighted by atomic mass is 9.95. The van der Waals surface area contributed by atoms with Gasteiger partial charge in [-0.25, -0.2) is 9.37 Å². The molecule has 0 amide bonds. The smallest absolute Gasteiger partial charge is 0.196 e. The van der Waals surface area contributed by atoms with Crippen LogP contribution in [0.5, 0.6) is 5.75 Å². The Kier molecular flexibility index (Phi) is 3.98. The number of hydrogen-bond acceptors (Lipinski definition) is 3. The van der Waals surface area contributed by atoms with E-state index >= 15 is 0 Å². The maximum atomic E-state index is 13.5. The molecule has 3 aromatic carbocycles. The highest BCUT2D eigenvalue weighted by molar-refractivity contribution is 6.24. The Morgan fingerprint density at radius 3 is 2.14 bits per heavy atom. The SMILES string of the molecule is COc1ccc(-c2cc(-c3ccc(F)cc3)c3c(n2)-c2ccccc2C3=O)cc1. The van der Waals surface area contributed by atoms with Crippen molar-refractivity contribution >= 4 is 5.78 Å². The average molecular weight is 381 g/mol. The number of ketones is 1. The van der Waals surface area contributed by atoms with E-state index in [1.807, 2.05) is 54.6 Å². The van der Waals surface area contributed by atoms with E-state index in [1.54, 1.807) is 19.2 Å². The third kappa shape index (κ3) is 2.81. The van der Waals surface area contributed by atoms with Gasteiger partial charge in [-0.3, -0.25) is 4.79 Å². The van der Waals surface area contributed by atoms with Crippen LogP contribution in [0, 0.1) is 5.82 Å². The van der Waals surface area contributed by atoms with Gasteiger partial charge in [0.05, 0.1) is 24.1 Å². The largest absolute Gasteiger partial charge is 0.497 e. The number of hydrogen-bond donors (Lipinski definition) is 0. The topological polar surface area (TPSA) is 39.2 Å². The Balaban J connectivity index is 1.78. The van der Waals surface area contributed by atoms with Gasteiger partial charge in [0.15, 0.2) is 5.78 Å². The van der Waals surface area contributed by atoms with Gasteiger partial charge in [0.2, 0.25) is 0 Å². The Morgan fingerprint density at radius 2 is 1.45 bits per heavy atom. The highest BCUT2D eigenvalue weighted by Crippen LogP contribution is 2.42. The summed E-state index contributed by atoms with van der Waals surface area (Å²) in [4.78, 5) is 18.0. The van der Waals surface area contributed by atoms with Crippen molar-refractivity contribution in [1.29, 1.82) is 0 Å². The molecule has 0 spiro atoms. The van der Waals surface area contributed by atoms with Gasteiger partial charge in [-0.15, -0.1) is 0 Å². The molecule has 3 nitrogen and oxygen atoms in total. The van der Waals surface area contributed by atoms with Crippen LogP contribution in [-0.2, 0) is 0 Å². The summed E-state index contributed by atoms with van der Waals surface area (Å²) in [7, 11) is 1.62. The van der Waals surface area contributed by atoms with E-state index < -0.39 is 0 Å². The first-order valence-corrected chi connectivity index (χ1v) is 9.25. The minimum absolute atomic E-state index is 0.0521. The van der Waals surface area contributed by atoms with Crippen LogP contribution in [0.15, 0.2) is 78.9 Å². The number of nitrogens with zero attached hydrogens (tertiary/aromatic N) is 1. The van der Waals surface area contributed by atoms with Crippen molar-refractivity contribution < 1.29 is 13.9 Å². The second-order valence-corrected chi connectivity index (χ2v) is 6.89. The molecule has 1 aliphatic rings. The van der Waals surface area contributed by atoms with Crippen LogP contribution in [-0.4, -0.2) is 17.9 Å². The number of benzene rings is 3. The van der Waals surface area contributed by atoms with Gasteiger partial charge in [0.25, 0.3) is 0 Å². The number of carbonyl (C=O) groups excluding carboxylic acids is 1. The molecule has 1 heterocycles. The number of carbonyl (C=O) groups is 1. The van der Waals surface area contributed by atoms with Crippen molar-refractivity contribution in [3.05, 3.63) is 95.8 Å². The number of aromatic nitrogens is 1. The molecule has 0 aliphatic heterocycles. The van der Waals surface area contributed by atoms with Crippen molar-refractivity contribution in [3.63, 3.8) is 0 Å². The van der Waals surface area contributed by atoms with Crippen LogP contribution in [0.4, 0.5) is 4.39 Å². The van der Waals surface area contributed by atoms with Gasteiger partial charge in [0.1, 0.15) is 11.6 Å². The van der Waals surface area contributed by atoms with E-state index in [4.69, 9.17) is 9.72 Å². The number of rotatable bonds is 3. The highest BCUT2D eigenvalue weighted by atomic mass is 19.1. The fourth-order valence-electron chi connectivity index (χ4n) is 3.76. The van der Waals surface area contributed by atoms with E-state index in [0.717, 1.165) is 33.7 Å². The van der Waals surface area contributed by atoms with E-state index in [0.29, 0.717) is 16.8 Å². The number of pyridine rings is 1. The van der Waals surface area contributed by atoms with Gasteiger partial charge >= 0.3 is 0 Å². The second-order valence-electron chi connectivity index (χ2n) is 6.89. The van der Waals surface area contributed by atoms with Crippen molar-refractivity contribution in [2.45, 2.75) is 0 Å². The molecule has 0 fully saturated rings. The van der Waals surface area contributed by atoms with Crippen molar-refractivity contribution in [3.8, 4) is 39.4 Å². The fraction of sp³-hybridized carbons (Fsp3) is 0.0400.